The number of amides is 3. The van der Waals surface area contributed by atoms with E-state index in [9.17, 15) is 63.9 Å². The lowest BCUT2D eigenvalue weighted by atomic mass is 9.75. The Morgan fingerprint density at radius 2 is 1.69 bits per heavy atom. The van der Waals surface area contributed by atoms with Crippen LogP contribution >= 0.6 is 15.6 Å². The second-order valence-corrected chi connectivity index (χ2v) is 19.2. The molecule has 4 aliphatic heterocycles. The zero-order chi connectivity index (χ0) is 48.5. The van der Waals surface area contributed by atoms with E-state index in [-0.39, 0.29) is 46.2 Å². The zero-order valence-corrected chi connectivity index (χ0v) is 37.2. The number of methoxy groups -OCH3 is 1. The van der Waals surface area contributed by atoms with Crippen molar-refractivity contribution in [3.8, 4) is 0 Å². The Morgan fingerprint density at radius 3 is 2.40 bits per heavy atom. The van der Waals surface area contributed by atoms with Crippen molar-refractivity contribution in [1.82, 2.24) is 24.8 Å². The molecule has 12 atom stereocenters. The maximum absolute atomic E-state index is 14.4. The number of amidine groups is 1. The van der Waals surface area contributed by atoms with Crippen LogP contribution in [-0.2, 0) is 36.8 Å². The highest BCUT2D eigenvalue weighted by Gasteiger charge is 2.67. The topological polar surface area (TPSA) is 394 Å². The first kappa shape index (κ1) is 48.1. The number of aliphatic hydroxyl groups excluding tert-OH is 6. The number of urea groups is 1. The molecule has 0 bridgehead atoms. The van der Waals surface area contributed by atoms with Crippen LogP contribution in [0.4, 0.5) is 22.0 Å². The van der Waals surface area contributed by atoms with Crippen LogP contribution in [0.1, 0.15) is 45.6 Å². The number of nitrogens with one attached hydrogen (secondary N) is 1. The molecule has 6 heterocycles. The SMILES string of the molecule is COC(=O)c1cccc([C@@H]2C[C@@H](O)N3c4cc(C)c(C)cc4N(C[C@H](O)[C@H](O)[C@H](O)COP(=O)(O)OP(=O)(O)OC[C@H]4O[C@@H](n5cnc6c(N)ncnc65)[C@H](O)[C@@H]4O)C4=NC(=O)NC(=O)[C@@]423)c1. The van der Waals surface area contributed by atoms with Gasteiger partial charge in [0.15, 0.2) is 29.1 Å². The molecule has 2 unspecified atom stereocenters. The summed E-state index contributed by atoms with van der Waals surface area (Å²) in [5.74, 6) is -2.89. The number of aromatic nitrogens is 4. The van der Waals surface area contributed by atoms with E-state index in [0.29, 0.717) is 16.7 Å². The van der Waals surface area contributed by atoms with Crippen molar-refractivity contribution in [3.05, 3.63) is 71.3 Å². The molecule has 1 spiro atoms. The summed E-state index contributed by atoms with van der Waals surface area (Å²) < 4.78 is 51.1. The molecule has 3 amide bonds. The Bertz CT molecular complexity index is 2760. The van der Waals surface area contributed by atoms with Crippen molar-refractivity contribution < 1.29 is 86.8 Å². The number of imide groups is 1. The third-order valence-corrected chi connectivity index (χ3v) is 14.6. The third kappa shape index (κ3) is 8.61. The molecule has 2 saturated heterocycles. The monoisotopic (exact) mass is 977 g/mol. The molecule has 2 aromatic carbocycles. The van der Waals surface area contributed by atoms with Gasteiger partial charge in [-0.15, -0.1) is 0 Å². The summed E-state index contributed by atoms with van der Waals surface area (Å²) >= 11 is 0. The number of hydrogen-bond acceptors (Lipinski definition) is 22. The maximum atomic E-state index is 14.4. The molecule has 2 aromatic heterocycles. The molecule has 360 valence electrons. The molecular weight excluding hydrogens is 932 g/mol. The fourth-order valence-corrected chi connectivity index (χ4v) is 10.8. The largest absolute Gasteiger partial charge is 0.481 e. The maximum Gasteiger partial charge on any atom is 0.481 e. The van der Waals surface area contributed by atoms with Gasteiger partial charge >= 0.3 is 27.6 Å². The van der Waals surface area contributed by atoms with Crippen LogP contribution < -0.4 is 20.9 Å². The summed E-state index contributed by atoms with van der Waals surface area (Å²) in [5.41, 5.74) is 6.40. The van der Waals surface area contributed by atoms with E-state index in [1.54, 1.807) is 38.1 Å². The number of esters is 1. The number of imidazole rings is 1. The number of carbonyl (C=O) groups is 3. The Labute approximate surface area is 378 Å². The van der Waals surface area contributed by atoms with Crippen molar-refractivity contribution in [2.24, 2.45) is 4.99 Å². The molecule has 0 saturated carbocycles. The number of β-amino-alcohol motifs (C(OH)–C–C–N with tert-alkyl or cyclic N) is 1. The zero-order valence-electron chi connectivity index (χ0n) is 35.4. The van der Waals surface area contributed by atoms with E-state index in [4.69, 9.17) is 19.7 Å². The van der Waals surface area contributed by atoms with Crippen LogP contribution in [0.2, 0.25) is 0 Å². The number of ether oxygens (including phenoxy) is 2. The molecule has 2 fully saturated rings. The second-order valence-electron chi connectivity index (χ2n) is 16.1. The second kappa shape index (κ2) is 17.9. The number of nitrogen functional groups attached to an aromatic ring is 1. The van der Waals surface area contributed by atoms with Crippen LogP contribution in [0.25, 0.3) is 11.2 Å². The average molecular weight is 978 g/mol. The van der Waals surface area contributed by atoms with Crippen LogP contribution in [-0.4, -0.2) is 159 Å². The van der Waals surface area contributed by atoms with Crippen molar-refractivity contribution in [2.75, 3.05) is 42.4 Å². The first-order valence-electron chi connectivity index (χ1n) is 20.2. The molecule has 67 heavy (non-hydrogen) atoms. The van der Waals surface area contributed by atoms with Crippen molar-refractivity contribution >= 4 is 67.7 Å². The molecule has 4 aliphatic rings. The van der Waals surface area contributed by atoms with Gasteiger partial charge in [-0.2, -0.15) is 9.30 Å². The summed E-state index contributed by atoms with van der Waals surface area (Å²) in [6.07, 6.45) is -12.0. The normalized spacial score (nSPS) is 27.8. The fraction of sp³-hybridized carbons (Fsp3) is 0.447. The molecular formula is C38H45N9O18P2. The lowest BCUT2D eigenvalue weighted by Gasteiger charge is -2.52. The molecule has 8 rings (SSSR count). The Kier molecular flexibility index (Phi) is 12.9. The van der Waals surface area contributed by atoms with Gasteiger partial charge in [0, 0.05) is 12.3 Å². The van der Waals surface area contributed by atoms with Gasteiger partial charge in [-0.25, -0.2) is 33.7 Å². The van der Waals surface area contributed by atoms with Gasteiger partial charge in [0.05, 0.1) is 50.1 Å². The van der Waals surface area contributed by atoms with Gasteiger partial charge in [0.2, 0.25) is 0 Å². The number of benzene rings is 2. The van der Waals surface area contributed by atoms with Gasteiger partial charge in [-0.1, -0.05) is 12.1 Å². The predicted octanol–water partition coefficient (Wildman–Crippen LogP) is -1.02. The van der Waals surface area contributed by atoms with E-state index < -0.39 is 114 Å². The number of phosphoric acid groups is 2. The number of nitrogens with two attached hydrogens (primary N) is 1. The minimum absolute atomic E-state index is 0.0140. The number of nitrogens with zero attached hydrogens (tertiary/aromatic N) is 7. The summed E-state index contributed by atoms with van der Waals surface area (Å²) in [6.45, 7) is 0.504. The number of phosphoric ester groups is 2. The minimum Gasteiger partial charge on any atom is -0.465 e. The van der Waals surface area contributed by atoms with E-state index in [1.807, 2.05) is 0 Å². The smallest absolute Gasteiger partial charge is 0.465 e. The molecule has 27 nitrogen and oxygen atoms in total. The lowest BCUT2D eigenvalue weighted by molar-refractivity contribution is -0.123. The van der Waals surface area contributed by atoms with Crippen LogP contribution in [0.3, 0.4) is 0 Å². The Morgan fingerprint density at radius 1 is 0.985 bits per heavy atom. The van der Waals surface area contributed by atoms with E-state index in [1.165, 1.54) is 39.9 Å². The Balaban J connectivity index is 0.968. The van der Waals surface area contributed by atoms with E-state index >= 15 is 0 Å². The molecule has 4 aromatic rings. The van der Waals surface area contributed by atoms with Crippen LogP contribution in [0, 0.1) is 13.8 Å². The highest BCUT2D eigenvalue weighted by molar-refractivity contribution is 7.61. The number of aliphatic imine (C=N–C) groups is 1. The predicted molar refractivity (Wildman–Crippen MR) is 227 cm³/mol. The van der Waals surface area contributed by atoms with Crippen LogP contribution in [0.5, 0.6) is 0 Å². The number of carbonyl (C=O) groups excluding carboxylic acids is 3. The summed E-state index contributed by atoms with van der Waals surface area (Å²) in [7, 11) is -10.0. The minimum atomic E-state index is -5.65. The molecule has 0 radical (unpaired) electrons. The molecule has 11 N–H and O–H groups in total. The third-order valence-electron chi connectivity index (χ3n) is 12.0. The Hall–Kier alpha value is -5.35. The van der Waals surface area contributed by atoms with Crippen molar-refractivity contribution in [1.29, 1.82) is 0 Å². The summed E-state index contributed by atoms with van der Waals surface area (Å²) in [6, 6.07) is 8.30. The van der Waals surface area contributed by atoms with Gasteiger partial charge in [-0.3, -0.25) is 23.7 Å². The number of anilines is 3. The standard InChI is InChI=1S/C38H45N9O18P2/c1-16-7-21-22(8-17(16)2)47-26(50)10-20(18-5-4-6-19(9-18)34(54)61-3)38(47)35(43-37(56)44-36(38)55)45(21)11-23(48)28(51)24(49)12-62-66(57,58)65-67(59,60)63-13-25-29(52)30(53)33(64-25)46-15-42-27-31(39)40-14-41-32(27)46/h4-9,14-15,20,23-26,28-30,33,48-53H,10-13H2,1-3H3,(H,57,58)(H,59,60)(H2,39,40,41)(H,44,55,56)/t20-,23-,24+,25+,26+,28-,29+,30+,33+,38-/m0/s1. The number of aryl methyl sites for hydroxylation is 2. The number of hydrogen-bond donors (Lipinski definition) is 10. The van der Waals surface area contributed by atoms with Crippen molar-refractivity contribution in [2.45, 2.75) is 80.8 Å². The fourth-order valence-electron chi connectivity index (χ4n) is 8.73. The summed E-state index contributed by atoms with van der Waals surface area (Å²) in [5, 5.41) is 68.8. The average Bonchev–Trinajstić information content (AvgIpc) is 3.94. The molecule has 0 aliphatic carbocycles. The lowest BCUT2D eigenvalue weighted by Crippen LogP contribution is -2.74. The highest BCUT2D eigenvalue weighted by atomic mass is 31.3. The van der Waals surface area contributed by atoms with Gasteiger partial charge in [0.1, 0.15) is 54.7 Å². The van der Waals surface area contributed by atoms with Gasteiger partial charge < -0.3 is 65.4 Å². The van der Waals surface area contributed by atoms with Gasteiger partial charge in [-0.05, 0) is 54.8 Å². The van der Waals surface area contributed by atoms with E-state index in [0.717, 1.165) is 6.33 Å². The van der Waals surface area contributed by atoms with E-state index in [2.05, 4.69) is 34.1 Å². The number of fused-ring (bicyclic) bond motifs is 3. The number of aliphatic hydroxyl groups is 6. The number of rotatable bonds is 15. The highest BCUT2D eigenvalue weighted by Crippen LogP contribution is 2.61. The molecule has 29 heteroatoms. The van der Waals surface area contributed by atoms with Gasteiger partial charge in [0.25, 0.3) is 5.91 Å². The first-order chi connectivity index (χ1) is 31.6. The summed E-state index contributed by atoms with van der Waals surface area (Å²) in [4.78, 5) is 79.4. The van der Waals surface area contributed by atoms with Crippen LogP contribution in [0.15, 0.2) is 54.0 Å². The quantitative estimate of drug-likeness (QED) is 0.0503. The van der Waals surface area contributed by atoms with Crippen molar-refractivity contribution in [3.63, 3.8) is 0 Å². The first-order valence-corrected chi connectivity index (χ1v) is 23.2.